The van der Waals surface area contributed by atoms with Gasteiger partial charge in [0, 0.05) is 31.7 Å². The highest BCUT2D eigenvalue weighted by atomic mass is 16.4. The van der Waals surface area contributed by atoms with E-state index in [1.165, 1.54) is 12.8 Å². The minimum Gasteiger partial charge on any atom is -0.394 e. The maximum atomic E-state index is 9.66. The minimum absolute atomic E-state index is 0.373. The zero-order valence-corrected chi connectivity index (χ0v) is 9.79. The van der Waals surface area contributed by atoms with Crippen LogP contribution in [0.15, 0.2) is 0 Å². The van der Waals surface area contributed by atoms with E-state index < -0.39 is 12.2 Å². The van der Waals surface area contributed by atoms with Crippen molar-refractivity contribution in [1.29, 1.82) is 0 Å². The second-order valence-electron chi connectivity index (χ2n) is 5.09. The molecule has 3 N–H and O–H groups in total. The van der Waals surface area contributed by atoms with Gasteiger partial charge in [-0.1, -0.05) is 0 Å². The molecule has 2 aliphatic heterocycles. The van der Waals surface area contributed by atoms with E-state index in [1.807, 2.05) is 0 Å². The third-order valence-corrected chi connectivity index (χ3v) is 4.00. The number of hydrogen-bond acceptors (Lipinski definition) is 5. The molecule has 2 bridgehead atoms. The van der Waals surface area contributed by atoms with Crippen LogP contribution in [0.2, 0.25) is 0 Å². The van der Waals surface area contributed by atoms with Gasteiger partial charge in [-0.2, -0.15) is 0 Å². The molecule has 16 heavy (non-hydrogen) atoms. The first-order chi connectivity index (χ1) is 7.61. The van der Waals surface area contributed by atoms with Crippen molar-refractivity contribution in [1.82, 2.24) is 9.80 Å². The molecule has 0 radical (unpaired) electrons. The van der Waals surface area contributed by atoms with Crippen molar-refractivity contribution in [2.24, 2.45) is 0 Å². The van der Waals surface area contributed by atoms with Crippen molar-refractivity contribution in [3.05, 3.63) is 0 Å². The average molecular weight is 230 g/mol. The van der Waals surface area contributed by atoms with Gasteiger partial charge >= 0.3 is 0 Å². The largest absolute Gasteiger partial charge is 0.394 e. The van der Waals surface area contributed by atoms with Gasteiger partial charge in [0.05, 0.1) is 12.7 Å². The smallest absolute Gasteiger partial charge is 0.104 e. The van der Waals surface area contributed by atoms with Crippen LogP contribution in [0.5, 0.6) is 0 Å². The fourth-order valence-electron chi connectivity index (χ4n) is 2.86. The molecule has 94 valence electrons. The Balaban J connectivity index is 1.84. The van der Waals surface area contributed by atoms with Crippen molar-refractivity contribution in [3.8, 4) is 0 Å². The standard InChI is InChI=1S/C11H22N2O3/c1-12-8-2-3-9(12)5-13(4-8)6-10(15)11(16)7-14/h8-11,14-16H,2-7H2,1H3. The number of likely N-dealkylation sites (tertiary alicyclic amines) is 1. The van der Waals surface area contributed by atoms with Gasteiger partial charge in [0.25, 0.3) is 0 Å². The molecule has 0 aromatic heterocycles. The van der Waals surface area contributed by atoms with E-state index in [9.17, 15) is 10.2 Å². The molecule has 2 rings (SSSR count). The number of nitrogens with zero attached hydrogens (tertiary/aromatic N) is 2. The van der Waals surface area contributed by atoms with Crippen molar-refractivity contribution in [3.63, 3.8) is 0 Å². The average Bonchev–Trinajstić information content (AvgIpc) is 2.52. The molecule has 2 fully saturated rings. The Morgan fingerprint density at radius 1 is 1.12 bits per heavy atom. The number of β-amino-alcohol motifs (C(OH)–C–C–N with tert-alkyl or cyclic N) is 1. The maximum absolute atomic E-state index is 9.66. The van der Waals surface area contributed by atoms with Crippen molar-refractivity contribution in [2.75, 3.05) is 33.3 Å². The third-order valence-electron chi connectivity index (χ3n) is 4.00. The summed E-state index contributed by atoms with van der Waals surface area (Å²) in [5, 5.41) is 27.7. The predicted octanol–water partition coefficient (Wildman–Crippen LogP) is -1.52. The highest BCUT2D eigenvalue weighted by Crippen LogP contribution is 2.28. The maximum Gasteiger partial charge on any atom is 0.104 e. The molecule has 0 aromatic rings. The number of aliphatic hydroxyl groups is 3. The first-order valence-electron chi connectivity index (χ1n) is 6.03. The molecule has 2 heterocycles. The van der Waals surface area contributed by atoms with E-state index in [-0.39, 0.29) is 6.61 Å². The quantitative estimate of drug-likeness (QED) is 0.547. The molecular weight excluding hydrogens is 208 g/mol. The summed E-state index contributed by atoms with van der Waals surface area (Å²) in [7, 11) is 2.17. The molecule has 0 spiro atoms. The summed E-state index contributed by atoms with van der Waals surface area (Å²) in [6.45, 7) is 2.01. The molecule has 0 saturated carbocycles. The lowest BCUT2D eigenvalue weighted by Crippen LogP contribution is -2.54. The first-order valence-corrected chi connectivity index (χ1v) is 6.03. The van der Waals surface area contributed by atoms with E-state index in [2.05, 4.69) is 16.8 Å². The molecule has 4 atom stereocenters. The monoisotopic (exact) mass is 230 g/mol. The van der Waals surface area contributed by atoms with Gasteiger partial charge < -0.3 is 15.3 Å². The van der Waals surface area contributed by atoms with Gasteiger partial charge in [0.2, 0.25) is 0 Å². The van der Waals surface area contributed by atoms with E-state index in [0.29, 0.717) is 18.6 Å². The summed E-state index contributed by atoms with van der Waals surface area (Å²) >= 11 is 0. The lowest BCUT2D eigenvalue weighted by Gasteiger charge is -2.39. The van der Waals surface area contributed by atoms with Crippen LogP contribution in [0.25, 0.3) is 0 Å². The van der Waals surface area contributed by atoms with Crippen LogP contribution in [0.4, 0.5) is 0 Å². The van der Waals surface area contributed by atoms with Gasteiger partial charge in [-0.3, -0.25) is 9.80 Å². The molecule has 5 heteroatoms. The van der Waals surface area contributed by atoms with Crippen molar-refractivity contribution >= 4 is 0 Å². The number of fused-ring (bicyclic) bond motifs is 2. The van der Waals surface area contributed by atoms with Gasteiger partial charge in [0.15, 0.2) is 0 Å². The van der Waals surface area contributed by atoms with Crippen LogP contribution in [-0.4, -0.2) is 82.7 Å². The molecule has 4 unspecified atom stereocenters. The molecule has 0 amide bonds. The summed E-state index contributed by atoms with van der Waals surface area (Å²) in [5.74, 6) is 0. The Morgan fingerprint density at radius 3 is 2.19 bits per heavy atom. The van der Waals surface area contributed by atoms with Gasteiger partial charge in [-0.25, -0.2) is 0 Å². The fourth-order valence-corrected chi connectivity index (χ4v) is 2.86. The van der Waals surface area contributed by atoms with Gasteiger partial charge in [0.1, 0.15) is 6.10 Å². The van der Waals surface area contributed by atoms with E-state index in [4.69, 9.17) is 5.11 Å². The summed E-state index contributed by atoms with van der Waals surface area (Å²) in [4.78, 5) is 4.62. The lowest BCUT2D eigenvalue weighted by molar-refractivity contribution is -0.0397. The second-order valence-corrected chi connectivity index (χ2v) is 5.09. The zero-order chi connectivity index (χ0) is 11.7. The zero-order valence-electron chi connectivity index (χ0n) is 9.79. The van der Waals surface area contributed by atoms with Crippen LogP contribution in [0.3, 0.4) is 0 Å². The van der Waals surface area contributed by atoms with E-state index in [1.54, 1.807) is 0 Å². The predicted molar refractivity (Wildman–Crippen MR) is 60.1 cm³/mol. The molecule has 0 aliphatic carbocycles. The van der Waals surface area contributed by atoms with Crippen molar-refractivity contribution in [2.45, 2.75) is 37.1 Å². The summed E-state index contributed by atoms with van der Waals surface area (Å²) in [5.41, 5.74) is 0. The number of hydrogen-bond donors (Lipinski definition) is 3. The molecule has 5 nitrogen and oxygen atoms in total. The summed E-state index contributed by atoms with van der Waals surface area (Å²) < 4.78 is 0. The van der Waals surface area contributed by atoms with Crippen LogP contribution in [-0.2, 0) is 0 Å². The minimum atomic E-state index is -1.02. The summed E-state index contributed by atoms with van der Waals surface area (Å²) in [6, 6.07) is 1.19. The van der Waals surface area contributed by atoms with Crippen LogP contribution in [0, 0.1) is 0 Å². The number of likely N-dealkylation sites (N-methyl/N-ethyl adjacent to an activating group) is 1. The molecule has 2 aliphatic rings. The Hall–Kier alpha value is -0.200. The van der Waals surface area contributed by atoms with Gasteiger partial charge in [-0.05, 0) is 19.9 Å². The van der Waals surface area contributed by atoms with Gasteiger partial charge in [-0.15, -0.1) is 0 Å². The Morgan fingerprint density at radius 2 is 1.69 bits per heavy atom. The SMILES string of the molecule is CN1C2CCC1CN(CC(O)C(O)CO)C2. The summed E-state index contributed by atoms with van der Waals surface area (Å²) in [6.07, 6.45) is 0.609. The highest BCUT2D eigenvalue weighted by molar-refractivity contribution is 4.94. The molecule has 2 saturated heterocycles. The Labute approximate surface area is 96.3 Å². The Kier molecular flexibility index (Phi) is 3.81. The normalized spacial score (nSPS) is 35.2. The van der Waals surface area contributed by atoms with Crippen LogP contribution < -0.4 is 0 Å². The highest BCUT2D eigenvalue weighted by Gasteiger charge is 2.38. The molecule has 0 aromatic carbocycles. The topological polar surface area (TPSA) is 67.2 Å². The number of aliphatic hydroxyl groups excluding tert-OH is 3. The van der Waals surface area contributed by atoms with E-state index in [0.717, 1.165) is 13.1 Å². The fraction of sp³-hybridized carbons (Fsp3) is 1.00. The van der Waals surface area contributed by atoms with Crippen LogP contribution >= 0.6 is 0 Å². The first kappa shape index (κ1) is 12.3. The van der Waals surface area contributed by atoms with Crippen molar-refractivity contribution < 1.29 is 15.3 Å². The second kappa shape index (κ2) is 4.98. The Bertz CT molecular complexity index is 225. The van der Waals surface area contributed by atoms with Crippen LogP contribution in [0.1, 0.15) is 12.8 Å². The van der Waals surface area contributed by atoms with E-state index >= 15 is 0 Å². The number of piperazine rings is 1. The number of rotatable bonds is 4. The third kappa shape index (κ3) is 2.38. The lowest BCUT2D eigenvalue weighted by atomic mass is 10.1. The molecular formula is C11H22N2O3.